The van der Waals surface area contributed by atoms with Gasteiger partial charge in [0.25, 0.3) is 5.91 Å². The molecule has 0 saturated heterocycles. The SMILES string of the molecule is CCCSS/C(CCOC(=O)CCC(=O)OC1CCC(N(C)C(=O)c2ccc3nonc3c2)CC1)=C(/C)N(C)C=O. The van der Waals surface area contributed by atoms with Crippen LogP contribution in [-0.4, -0.2) is 83.0 Å². The largest absolute Gasteiger partial charge is 0.465 e. The number of allylic oxidation sites excluding steroid dienone is 1. The van der Waals surface area contributed by atoms with Crippen molar-refractivity contribution in [1.82, 2.24) is 20.1 Å². The zero-order valence-electron chi connectivity index (χ0n) is 24.0. The lowest BCUT2D eigenvalue weighted by Crippen LogP contribution is -2.41. The van der Waals surface area contributed by atoms with Gasteiger partial charge < -0.3 is 19.3 Å². The molecule has 0 N–H and O–H groups in total. The molecule has 1 aliphatic carbocycles. The first-order chi connectivity index (χ1) is 19.7. The first-order valence-corrected chi connectivity index (χ1v) is 16.1. The average Bonchev–Trinajstić information content (AvgIpc) is 3.46. The van der Waals surface area contributed by atoms with Crippen molar-refractivity contribution in [3.63, 3.8) is 0 Å². The van der Waals surface area contributed by atoms with Crippen LogP contribution < -0.4 is 0 Å². The first-order valence-electron chi connectivity index (χ1n) is 13.7. The van der Waals surface area contributed by atoms with Crippen molar-refractivity contribution in [2.75, 3.05) is 26.5 Å². The summed E-state index contributed by atoms with van der Waals surface area (Å²) in [6.45, 7) is 4.14. The van der Waals surface area contributed by atoms with E-state index in [2.05, 4.69) is 17.2 Å². The van der Waals surface area contributed by atoms with Crippen LogP contribution in [-0.2, 0) is 23.9 Å². The molecule has 0 radical (unpaired) electrons. The first kappa shape index (κ1) is 32.5. The summed E-state index contributed by atoms with van der Waals surface area (Å²) in [5, 5.41) is 7.56. The van der Waals surface area contributed by atoms with Crippen LogP contribution in [0, 0.1) is 0 Å². The topological polar surface area (TPSA) is 132 Å². The predicted molar refractivity (Wildman–Crippen MR) is 158 cm³/mol. The number of hydrogen-bond acceptors (Lipinski definition) is 11. The Kier molecular flexibility index (Phi) is 13.0. The predicted octanol–water partition coefficient (Wildman–Crippen LogP) is 4.97. The Morgan fingerprint density at radius 3 is 2.46 bits per heavy atom. The van der Waals surface area contributed by atoms with E-state index in [-0.39, 0.29) is 37.5 Å². The minimum absolute atomic E-state index is 0.0333. The van der Waals surface area contributed by atoms with Crippen LogP contribution in [0.15, 0.2) is 33.4 Å². The van der Waals surface area contributed by atoms with Crippen molar-refractivity contribution >= 4 is 56.9 Å². The molecule has 0 aliphatic heterocycles. The van der Waals surface area contributed by atoms with Crippen molar-refractivity contribution in [2.24, 2.45) is 0 Å². The molecule has 11 nitrogen and oxygen atoms in total. The number of carbonyl (C=O) groups excluding carboxylic acids is 4. The van der Waals surface area contributed by atoms with Crippen LogP contribution in [0.4, 0.5) is 0 Å². The van der Waals surface area contributed by atoms with Gasteiger partial charge in [0, 0.05) is 48.5 Å². The lowest BCUT2D eigenvalue weighted by molar-refractivity contribution is -0.155. The quantitative estimate of drug-likeness (QED) is 0.118. The molecular formula is C28H38N4O7S2. The van der Waals surface area contributed by atoms with Crippen LogP contribution in [0.5, 0.6) is 0 Å². The zero-order chi connectivity index (χ0) is 29.8. The van der Waals surface area contributed by atoms with E-state index >= 15 is 0 Å². The zero-order valence-corrected chi connectivity index (χ0v) is 25.6. The summed E-state index contributed by atoms with van der Waals surface area (Å²) >= 11 is 0. The summed E-state index contributed by atoms with van der Waals surface area (Å²) in [7, 11) is 6.75. The van der Waals surface area contributed by atoms with E-state index in [0.29, 0.717) is 48.7 Å². The lowest BCUT2D eigenvalue weighted by Gasteiger charge is -2.34. The third-order valence-corrected chi connectivity index (χ3v) is 9.82. The number of hydrogen-bond donors (Lipinski definition) is 0. The second kappa shape index (κ2) is 16.4. The molecule has 13 heteroatoms. The number of amides is 2. The molecule has 224 valence electrons. The van der Waals surface area contributed by atoms with E-state index in [9.17, 15) is 19.2 Å². The van der Waals surface area contributed by atoms with Gasteiger partial charge in [0.1, 0.15) is 17.1 Å². The number of esters is 2. The number of rotatable bonds is 15. The molecule has 2 aromatic rings. The molecule has 1 fully saturated rings. The van der Waals surface area contributed by atoms with E-state index in [1.54, 1.807) is 58.8 Å². The molecule has 3 rings (SSSR count). The van der Waals surface area contributed by atoms with Crippen molar-refractivity contribution in [2.45, 2.75) is 77.4 Å². The summed E-state index contributed by atoms with van der Waals surface area (Å²) in [5.74, 6) is -0.0257. The van der Waals surface area contributed by atoms with Gasteiger partial charge in [-0.1, -0.05) is 28.5 Å². The third kappa shape index (κ3) is 9.77. The fourth-order valence-corrected chi connectivity index (χ4v) is 6.98. The van der Waals surface area contributed by atoms with E-state index in [0.717, 1.165) is 29.2 Å². The standard InChI is InChI=1S/C28H38N4O7S2/c1-5-16-40-41-25(19(2)31(3)18-33)14-15-37-26(34)12-13-27(35)38-22-9-7-21(8-10-22)32(4)28(36)20-6-11-23-24(17-20)30-39-29-23/h6,11,17-18,21-22H,5,7-10,12-16H2,1-4H3/b25-19-. The maximum atomic E-state index is 13.0. The summed E-state index contributed by atoms with van der Waals surface area (Å²) in [4.78, 5) is 52.9. The van der Waals surface area contributed by atoms with Gasteiger partial charge >= 0.3 is 11.9 Å². The minimum atomic E-state index is -0.461. The van der Waals surface area contributed by atoms with Crippen molar-refractivity contribution in [1.29, 1.82) is 0 Å². The fraction of sp³-hybridized carbons (Fsp3) is 0.571. The van der Waals surface area contributed by atoms with E-state index in [1.165, 1.54) is 4.90 Å². The molecule has 1 aromatic carbocycles. The number of benzene rings is 1. The van der Waals surface area contributed by atoms with Crippen LogP contribution in [0.3, 0.4) is 0 Å². The van der Waals surface area contributed by atoms with Crippen molar-refractivity contribution in [3.8, 4) is 0 Å². The molecule has 1 saturated carbocycles. The number of ether oxygens (including phenoxy) is 2. The second-order valence-electron chi connectivity index (χ2n) is 9.90. The molecule has 1 heterocycles. The highest BCUT2D eigenvalue weighted by atomic mass is 33.1. The Balaban J connectivity index is 1.36. The summed E-state index contributed by atoms with van der Waals surface area (Å²) in [6, 6.07) is 5.11. The smallest absolute Gasteiger partial charge is 0.306 e. The number of fused-ring (bicyclic) bond motifs is 1. The number of aromatic nitrogens is 2. The van der Waals surface area contributed by atoms with Crippen molar-refractivity contribution in [3.05, 3.63) is 34.4 Å². The second-order valence-corrected chi connectivity index (χ2v) is 12.4. The summed E-state index contributed by atoms with van der Waals surface area (Å²) in [5.41, 5.74) is 2.46. The normalized spacial score (nSPS) is 17.5. The maximum absolute atomic E-state index is 13.0. The number of carbonyl (C=O) groups is 4. The summed E-state index contributed by atoms with van der Waals surface area (Å²) in [6.07, 6.45) is 4.64. The third-order valence-electron chi connectivity index (χ3n) is 6.97. The van der Waals surface area contributed by atoms with Gasteiger partial charge in [-0.15, -0.1) is 0 Å². The van der Waals surface area contributed by atoms with E-state index in [1.807, 2.05) is 6.92 Å². The lowest BCUT2D eigenvalue weighted by atomic mass is 9.91. The van der Waals surface area contributed by atoms with Gasteiger partial charge in [-0.25, -0.2) is 4.63 Å². The molecule has 0 atom stereocenters. The Morgan fingerprint density at radius 1 is 1.05 bits per heavy atom. The van der Waals surface area contributed by atoms with Gasteiger partial charge in [0.05, 0.1) is 19.4 Å². The molecule has 0 unspecified atom stereocenters. The van der Waals surface area contributed by atoms with E-state index < -0.39 is 11.9 Å². The van der Waals surface area contributed by atoms with Gasteiger partial charge in [-0.05, 0) is 67.5 Å². The van der Waals surface area contributed by atoms with E-state index in [4.69, 9.17) is 14.1 Å². The van der Waals surface area contributed by atoms with Gasteiger partial charge in [-0.3, -0.25) is 19.2 Å². The minimum Gasteiger partial charge on any atom is -0.465 e. The van der Waals surface area contributed by atoms with Crippen LogP contribution in [0.25, 0.3) is 11.0 Å². The molecule has 2 amide bonds. The molecule has 0 bridgehead atoms. The number of nitrogens with zero attached hydrogens (tertiary/aromatic N) is 4. The monoisotopic (exact) mass is 606 g/mol. The summed E-state index contributed by atoms with van der Waals surface area (Å²) < 4.78 is 15.6. The molecule has 1 aromatic heterocycles. The Morgan fingerprint density at radius 2 is 1.76 bits per heavy atom. The van der Waals surface area contributed by atoms with Crippen molar-refractivity contribution < 1.29 is 33.3 Å². The fourth-order valence-electron chi connectivity index (χ4n) is 4.37. The molecular weight excluding hydrogens is 568 g/mol. The van der Waals surface area contributed by atoms with Crippen LogP contribution >= 0.6 is 21.6 Å². The maximum Gasteiger partial charge on any atom is 0.306 e. The highest BCUT2D eigenvalue weighted by Gasteiger charge is 2.29. The van der Waals surface area contributed by atoms with Gasteiger partial charge in [0.15, 0.2) is 0 Å². The molecule has 0 spiro atoms. The van der Waals surface area contributed by atoms with Crippen LogP contribution in [0.2, 0.25) is 0 Å². The Labute approximate surface area is 248 Å². The molecule has 41 heavy (non-hydrogen) atoms. The average molecular weight is 607 g/mol. The van der Waals surface area contributed by atoms with Gasteiger partial charge in [0.2, 0.25) is 6.41 Å². The highest BCUT2D eigenvalue weighted by Crippen LogP contribution is 2.35. The Bertz CT molecular complexity index is 1230. The van der Waals surface area contributed by atoms with Crippen LogP contribution in [0.1, 0.15) is 75.6 Å². The highest BCUT2D eigenvalue weighted by molar-refractivity contribution is 8.78. The Hall–Kier alpha value is -3.06. The van der Waals surface area contributed by atoms with Gasteiger partial charge in [-0.2, -0.15) is 0 Å². The molecule has 1 aliphatic rings.